The Morgan fingerprint density at radius 3 is 2.77 bits per heavy atom. The number of nitrogens with zero attached hydrogens (tertiary/aromatic N) is 4. The zero-order chi connectivity index (χ0) is 18.1. The average Bonchev–Trinajstić information content (AvgIpc) is 3.08. The van der Waals surface area contributed by atoms with Crippen LogP contribution >= 0.6 is 11.3 Å². The first-order valence-corrected chi connectivity index (χ1v) is 9.60. The lowest BCUT2D eigenvalue weighted by molar-refractivity contribution is -0.121. The molecular formula is C19H21N5OS. The number of carbonyl (C=O) groups is 1. The summed E-state index contributed by atoms with van der Waals surface area (Å²) in [6.07, 6.45) is 3.66. The molecule has 1 fully saturated rings. The van der Waals surface area contributed by atoms with Gasteiger partial charge in [-0.05, 0) is 63.7 Å². The highest BCUT2D eigenvalue weighted by molar-refractivity contribution is 7.15. The minimum absolute atomic E-state index is 0.0426. The average molecular weight is 367 g/mol. The number of benzene rings is 1. The lowest BCUT2D eigenvalue weighted by atomic mass is 9.96. The first-order chi connectivity index (χ1) is 12.6. The Morgan fingerprint density at radius 2 is 2.04 bits per heavy atom. The zero-order valence-corrected chi connectivity index (χ0v) is 15.7. The third-order valence-corrected chi connectivity index (χ3v) is 5.79. The van der Waals surface area contributed by atoms with E-state index in [1.54, 1.807) is 11.3 Å². The van der Waals surface area contributed by atoms with Gasteiger partial charge in [0.25, 0.3) is 0 Å². The van der Waals surface area contributed by atoms with Crippen LogP contribution in [-0.2, 0) is 4.79 Å². The van der Waals surface area contributed by atoms with E-state index in [0.717, 1.165) is 52.3 Å². The second-order valence-corrected chi connectivity index (χ2v) is 8.05. The minimum atomic E-state index is 0.0426. The molecule has 134 valence electrons. The fraction of sp³-hybridized carbons (Fsp3) is 0.368. The smallest absolute Gasteiger partial charge is 0.228 e. The highest BCUT2D eigenvalue weighted by atomic mass is 32.1. The number of fused-ring (bicyclic) bond motifs is 1. The van der Waals surface area contributed by atoms with Crippen molar-refractivity contribution in [3.05, 3.63) is 35.5 Å². The van der Waals surface area contributed by atoms with E-state index in [4.69, 9.17) is 0 Å². The highest BCUT2D eigenvalue weighted by Gasteiger charge is 2.23. The summed E-state index contributed by atoms with van der Waals surface area (Å²) in [5.74, 6) is 0.607. The van der Waals surface area contributed by atoms with Crippen molar-refractivity contribution >= 4 is 34.0 Å². The molecule has 1 N–H and O–H groups in total. The van der Waals surface area contributed by atoms with Gasteiger partial charge in [0.1, 0.15) is 0 Å². The summed E-state index contributed by atoms with van der Waals surface area (Å²) < 4.78 is 0. The summed E-state index contributed by atoms with van der Waals surface area (Å²) in [6.45, 7) is 3.91. The van der Waals surface area contributed by atoms with Gasteiger partial charge in [0.05, 0.1) is 15.4 Å². The monoisotopic (exact) mass is 367 g/mol. The molecule has 3 aromatic rings. The number of piperidine rings is 1. The van der Waals surface area contributed by atoms with Crippen molar-refractivity contribution in [2.45, 2.75) is 19.8 Å². The number of amides is 1. The van der Waals surface area contributed by atoms with Gasteiger partial charge in [0, 0.05) is 17.5 Å². The molecule has 4 rings (SSSR count). The second kappa shape index (κ2) is 7.09. The summed E-state index contributed by atoms with van der Waals surface area (Å²) in [7, 11) is 2.09. The van der Waals surface area contributed by atoms with Crippen LogP contribution in [0.1, 0.15) is 17.8 Å². The van der Waals surface area contributed by atoms with Crippen LogP contribution in [0.4, 0.5) is 5.82 Å². The maximum Gasteiger partial charge on any atom is 0.228 e. The number of nitrogens with one attached hydrogen (secondary N) is 1. The van der Waals surface area contributed by atoms with Crippen LogP contribution in [0, 0.1) is 12.8 Å². The molecule has 0 atom stereocenters. The maximum absolute atomic E-state index is 12.5. The van der Waals surface area contributed by atoms with Gasteiger partial charge in [-0.25, -0.2) is 4.98 Å². The molecule has 0 radical (unpaired) electrons. The number of hydrogen-bond donors (Lipinski definition) is 1. The van der Waals surface area contributed by atoms with Crippen LogP contribution in [0.2, 0.25) is 0 Å². The predicted molar refractivity (Wildman–Crippen MR) is 104 cm³/mol. The third-order valence-electron chi connectivity index (χ3n) is 4.83. The molecule has 0 bridgehead atoms. The van der Waals surface area contributed by atoms with Crippen molar-refractivity contribution in [2.75, 3.05) is 25.5 Å². The van der Waals surface area contributed by atoms with Crippen LogP contribution < -0.4 is 5.32 Å². The van der Waals surface area contributed by atoms with E-state index >= 15 is 0 Å². The van der Waals surface area contributed by atoms with Crippen molar-refractivity contribution in [1.29, 1.82) is 0 Å². The Labute approximate surface area is 156 Å². The topological polar surface area (TPSA) is 71.0 Å². The van der Waals surface area contributed by atoms with Crippen molar-refractivity contribution in [2.24, 2.45) is 5.92 Å². The normalized spacial score (nSPS) is 16.1. The van der Waals surface area contributed by atoms with E-state index in [-0.39, 0.29) is 11.8 Å². The van der Waals surface area contributed by atoms with Gasteiger partial charge in [-0.1, -0.05) is 6.07 Å². The quantitative estimate of drug-likeness (QED) is 0.769. The summed E-state index contributed by atoms with van der Waals surface area (Å²) in [6, 6.07) is 7.95. The fourth-order valence-corrected chi connectivity index (χ4v) is 4.03. The van der Waals surface area contributed by atoms with Crippen LogP contribution in [0.25, 0.3) is 21.3 Å². The number of anilines is 1. The first-order valence-electron chi connectivity index (χ1n) is 8.78. The summed E-state index contributed by atoms with van der Waals surface area (Å²) in [5.41, 5.74) is 1.91. The van der Waals surface area contributed by atoms with Gasteiger partial charge in [0.2, 0.25) is 5.91 Å². The number of carbonyl (C=O) groups excluding carboxylic acids is 1. The van der Waals surface area contributed by atoms with E-state index in [1.807, 2.05) is 31.3 Å². The van der Waals surface area contributed by atoms with Gasteiger partial charge in [-0.3, -0.25) is 4.79 Å². The van der Waals surface area contributed by atoms with Gasteiger partial charge in [-0.15, -0.1) is 21.5 Å². The van der Waals surface area contributed by atoms with Crippen LogP contribution in [0.5, 0.6) is 0 Å². The molecule has 0 aliphatic carbocycles. The largest absolute Gasteiger partial charge is 0.309 e. The van der Waals surface area contributed by atoms with Crippen molar-refractivity contribution in [3.63, 3.8) is 0 Å². The summed E-state index contributed by atoms with van der Waals surface area (Å²) >= 11 is 1.66. The van der Waals surface area contributed by atoms with Gasteiger partial charge in [0.15, 0.2) is 5.82 Å². The number of aromatic nitrogens is 3. The molecular weight excluding hydrogens is 346 g/mol. The third kappa shape index (κ3) is 3.59. The number of aryl methyl sites for hydroxylation is 1. The number of likely N-dealkylation sites (tertiary alicyclic amines) is 1. The fourth-order valence-electron chi connectivity index (χ4n) is 3.25. The molecule has 6 nitrogen and oxygen atoms in total. The van der Waals surface area contributed by atoms with Crippen LogP contribution in [0.3, 0.4) is 0 Å². The molecule has 26 heavy (non-hydrogen) atoms. The molecule has 0 spiro atoms. The molecule has 0 saturated carbocycles. The lowest BCUT2D eigenvalue weighted by Crippen LogP contribution is -2.36. The molecule has 1 aliphatic rings. The Balaban J connectivity index is 1.55. The second-order valence-electron chi connectivity index (χ2n) is 6.81. The highest BCUT2D eigenvalue weighted by Crippen LogP contribution is 2.28. The summed E-state index contributed by atoms with van der Waals surface area (Å²) in [5, 5.41) is 13.3. The number of hydrogen-bond acceptors (Lipinski definition) is 6. The standard InChI is InChI=1S/C19H21N5OS/c1-12-20-11-17(26-12)14-3-4-16-15(9-14)10-18(23-22-16)21-19(25)13-5-7-24(2)8-6-13/h3-4,9-11,13H,5-8H2,1-2H3,(H,21,23,25). The Bertz CT molecular complexity index is 946. The Kier molecular flexibility index (Phi) is 4.65. The zero-order valence-electron chi connectivity index (χ0n) is 14.9. The molecule has 2 aromatic heterocycles. The molecule has 1 aromatic carbocycles. The van der Waals surface area contributed by atoms with Crippen molar-refractivity contribution < 1.29 is 4.79 Å². The molecule has 1 aliphatic heterocycles. The molecule has 1 amide bonds. The Morgan fingerprint density at radius 1 is 1.23 bits per heavy atom. The molecule has 1 saturated heterocycles. The SMILES string of the molecule is Cc1ncc(-c2ccc3nnc(NC(=O)C4CCN(C)CC4)cc3c2)s1. The molecule has 3 heterocycles. The maximum atomic E-state index is 12.5. The molecule has 7 heteroatoms. The van der Waals surface area contributed by atoms with E-state index in [2.05, 4.69) is 38.5 Å². The summed E-state index contributed by atoms with van der Waals surface area (Å²) in [4.78, 5) is 20.2. The number of thiazole rings is 1. The first kappa shape index (κ1) is 17.1. The lowest BCUT2D eigenvalue weighted by Gasteiger charge is -2.27. The van der Waals surface area contributed by atoms with Gasteiger partial charge >= 0.3 is 0 Å². The van der Waals surface area contributed by atoms with Crippen LogP contribution in [0.15, 0.2) is 30.5 Å². The Hall–Kier alpha value is -2.38. The van der Waals surface area contributed by atoms with Crippen LogP contribution in [-0.4, -0.2) is 46.1 Å². The minimum Gasteiger partial charge on any atom is -0.309 e. The number of rotatable bonds is 3. The van der Waals surface area contributed by atoms with E-state index in [9.17, 15) is 4.79 Å². The van der Waals surface area contributed by atoms with Gasteiger partial charge in [-0.2, -0.15) is 0 Å². The van der Waals surface area contributed by atoms with Gasteiger partial charge < -0.3 is 10.2 Å². The van der Waals surface area contributed by atoms with E-state index < -0.39 is 0 Å². The molecule has 0 unspecified atom stereocenters. The van der Waals surface area contributed by atoms with Crippen molar-refractivity contribution in [3.8, 4) is 10.4 Å². The van der Waals surface area contributed by atoms with E-state index in [1.165, 1.54) is 0 Å². The van der Waals surface area contributed by atoms with E-state index in [0.29, 0.717) is 5.82 Å². The van der Waals surface area contributed by atoms with Crippen molar-refractivity contribution in [1.82, 2.24) is 20.1 Å². The predicted octanol–water partition coefficient (Wildman–Crippen LogP) is 3.34.